The number of ketones is 1. The lowest BCUT2D eigenvalue weighted by Crippen LogP contribution is -2.43. The number of carbonyl (C=O) groups excluding carboxylic acids is 2. The largest absolute Gasteiger partial charge is 0.383 e. The number of hydrogen-bond acceptors (Lipinski definition) is 5. The number of benzene rings is 1. The van der Waals surface area contributed by atoms with E-state index >= 15 is 0 Å². The molecule has 8 nitrogen and oxygen atoms in total. The number of likely N-dealkylation sites (tertiary alicyclic amines) is 1. The maximum absolute atomic E-state index is 13.1. The topological polar surface area (TPSA) is 99.0 Å². The Hall–Kier alpha value is -3.42. The van der Waals surface area contributed by atoms with Crippen molar-refractivity contribution in [1.82, 2.24) is 24.5 Å². The van der Waals surface area contributed by atoms with Crippen LogP contribution in [-0.4, -0.2) is 49.2 Å². The van der Waals surface area contributed by atoms with Crippen LogP contribution in [0.5, 0.6) is 0 Å². The quantitative estimate of drug-likeness (QED) is 0.640. The summed E-state index contributed by atoms with van der Waals surface area (Å²) in [6, 6.07) is 9.35. The Balaban J connectivity index is 1.41. The minimum absolute atomic E-state index is 0.000991. The molecule has 2 aromatic heterocycles. The molecule has 1 unspecified atom stereocenters. The summed E-state index contributed by atoms with van der Waals surface area (Å²) in [5, 5.41) is 8.58. The fourth-order valence-electron chi connectivity index (χ4n) is 4.18. The van der Waals surface area contributed by atoms with E-state index in [1.807, 2.05) is 56.0 Å². The summed E-state index contributed by atoms with van der Waals surface area (Å²) < 4.78 is 3.33. The first-order chi connectivity index (χ1) is 14.9. The molecule has 4 rings (SSSR count). The molecule has 1 aromatic carbocycles. The molecule has 0 bridgehead atoms. The van der Waals surface area contributed by atoms with Crippen LogP contribution >= 0.6 is 0 Å². The highest BCUT2D eigenvalue weighted by atomic mass is 16.2. The molecule has 1 aliphatic heterocycles. The van der Waals surface area contributed by atoms with E-state index < -0.39 is 0 Å². The average Bonchev–Trinajstić information content (AvgIpc) is 3.38. The molecule has 31 heavy (non-hydrogen) atoms. The molecule has 1 amide bonds. The molecule has 8 heteroatoms. The average molecular weight is 421 g/mol. The maximum Gasteiger partial charge on any atom is 0.247 e. The highest BCUT2D eigenvalue weighted by molar-refractivity contribution is 6.01. The molecular weight excluding hydrogens is 392 g/mol. The maximum atomic E-state index is 13.1. The van der Waals surface area contributed by atoms with Gasteiger partial charge >= 0.3 is 0 Å². The molecule has 3 aromatic rings. The van der Waals surface area contributed by atoms with E-state index in [1.54, 1.807) is 21.8 Å². The van der Waals surface area contributed by atoms with Gasteiger partial charge in [0.1, 0.15) is 11.9 Å². The predicted molar refractivity (Wildman–Crippen MR) is 118 cm³/mol. The molecule has 3 heterocycles. The van der Waals surface area contributed by atoms with Gasteiger partial charge in [0, 0.05) is 30.9 Å². The van der Waals surface area contributed by atoms with Crippen LogP contribution in [0, 0.1) is 19.8 Å². The van der Waals surface area contributed by atoms with Crippen molar-refractivity contribution in [1.29, 1.82) is 0 Å². The van der Waals surface area contributed by atoms with Gasteiger partial charge in [-0.15, -0.1) is 0 Å². The first-order valence-electron chi connectivity index (χ1n) is 10.6. The van der Waals surface area contributed by atoms with Crippen LogP contribution in [0.3, 0.4) is 0 Å². The van der Waals surface area contributed by atoms with Crippen molar-refractivity contribution in [2.75, 3.05) is 18.8 Å². The molecule has 0 saturated carbocycles. The highest BCUT2D eigenvalue weighted by Gasteiger charge is 2.32. The predicted octanol–water partition coefficient (Wildman–Crippen LogP) is 2.95. The van der Waals surface area contributed by atoms with Gasteiger partial charge in [-0.3, -0.25) is 14.3 Å². The third kappa shape index (κ3) is 3.97. The highest BCUT2D eigenvalue weighted by Crippen LogP contribution is 2.27. The normalized spacial score (nSPS) is 15.8. The Kier molecular flexibility index (Phi) is 5.63. The van der Waals surface area contributed by atoms with Crippen molar-refractivity contribution in [3.63, 3.8) is 0 Å². The molecule has 0 aliphatic carbocycles. The summed E-state index contributed by atoms with van der Waals surface area (Å²) in [7, 11) is 0. The molecule has 0 spiro atoms. The Bertz CT molecular complexity index is 1090. The molecule has 2 N–H and O–H groups in total. The smallest absolute Gasteiger partial charge is 0.247 e. The number of amides is 1. The molecular formula is C23H28N6O2. The van der Waals surface area contributed by atoms with Gasteiger partial charge in [0.05, 0.1) is 17.4 Å². The van der Waals surface area contributed by atoms with Crippen molar-refractivity contribution >= 4 is 17.5 Å². The summed E-state index contributed by atoms with van der Waals surface area (Å²) >= 11 is 0. The number of Topliss-reactive ketones (excluding diaryl/α,β-unsaturated/α-hetero) is 1. The lowest BCUT2D eigenvalue weighted by atomic mass is 9.89. The van der Waals surface area contributed by atoms with Crippen LogP contribution in [-0.2, 0) is 4.79 Å². The van der Waals surface area contributed by atoms with Crippen molar-refractivity contribution in [2.24, 2.45) is 5.92 Å². The number of nitrogens with zero attached hydrogens (tertiary/aromatic N) is 5. The summed E-state index contributed by atoms with van der Waals surface area (Å²) in [5.41, 5.74) is 9.64. The van der Waals surface area contributed by atoms with E-state index in [9.17, 15) is 9.59 Å². The zero-order valence-corrected chi connectivity index (χ0v) is 18.2. The third-order valence-electron chi connectivity index (χ3n) is 6.12. The van der Waals surface area contributed by atoms with Crippen LogP contribution in [0.1, 0.15) is 47.4 Å². The standard InChI is InChI=1S/C23H28N6O2/c1-15-4-6-19(7-5-15)29-22(24)20(14-26-29)21(30)18-9-12-27(13-10-18)23(31)17(3)28-16(2)8-11-25-28/h4-8,11,14,17-18H,9-10,12-13,24H2,1-3H3. The van der Waals surface area contributed by atoms with E-state index in [1.165, 1.54) is 0 Å². The fraction of sp³-hybridized carbons (Fsp3) is 0.391. The Morgan fingerprint density at radius 2 is 1.74 bits per heavy atom. The Morgan fingerprint density at radius 3 is 2.35 bits per heavy atom. The number of piperidine rings is 1. The van der Waals surface area contributed by atoms with Crippen molar-refractivity contribution in [2.45, 2.75) is 39.7 Å². The SMILES string of the molecule is Cc1ccc(-n2ncc(C(=O)C3CCN(C(=O)C(C)n4nccc4C)CC3)c2N)cc1. The van der Waals surface area contributed by atoms with Gasteiger partial charge in [-0.05, 0) is 51.8 Å². The lowest BCUT2D eigenvalue weighted by Gasteiger charge is -2.33. The molecule has 1 fully saturated rings. The van der Waals surface area contributed by atoms with E-state index in [0.717, 1.165) is 16.9 Å². The Morgan fingerprint density at radius 1 is 1.06 bits per heavy atom. The van der Waals surface area contributed by atoms with Crippen LogP contribution < -0.4 is 5.73 Å². The van der Waals surface area contributed by atoms with Gasteiger partial charge in [0.15, 0.2) is 5.78 Å². The first kappa shape index (κ1) is 20.8. The number of rotatable bonds is 5. The summed E-state index contributed by atoms with van der Waals surface area (Å²) in [4.78, 5) is 27.8. The van der Waals surface area contributed by atoms with E-state index in [-0.39, 0.29) is 23.7 Å². The minimum Gasteiger partial charge on any atom is -0.383 e. The third-order valence-corrected chi connectivity index (χ3v) is 6.12. The summed E-state index contributed by atoms with van der Waals surface area (Å²) in [6.07, 6.45) is 4.48. The number of nitrogens with two attached hydrogens (primary N) is 1. The van der Waals surface area contributed by atoms with Crippen LogP contribution in [0.4, 0.5) is 5.82 Å². The zero-order valence-electron chi connectivity index (χ0n) is 18.2. The second kappa shape index (κ2) is 8.37. The van der Waals surface area contributed by atoms with Gasteiger partial charge in [-0.1, -0.05) is 17.7 Å². The number of aryl methyl sites for hydroxylation is 2. The van der Waals surface area contributed by atoms with Crippen molar-refractivity contribution in [3.8, 4) is 5.69 Å². The van der Waals surface area contributed by atoms with Gasteiger partial charge in [-0.25, -0.2) is 4.68 Å². The summed E-state index contributed by atoms with van der Waals surface area (Å²) in [6.45, 7) is 6.90. The summed E-state index contributed by atoms with van der Waals surface area (Å²) in [5.74, 6) is 0.224. The monoisotopic (exact) mass is 420 g/mol. The van der Waals surface area contributed by atoms with Crippen LogP contribution in [0.25, 0.3) is 5.69 Å². The molecule has 1 aliphatic rings. The number of carbonyl (C=O) groups is 2. The fourth-order valence-corrected chi connectivity index (χ4v) is 4.18. The van der Waals surface area contributed by atoms with Crippen molar-refractivity contribution < 1.29 is 9.59 Å². The zero-order chi connectivity index (χ0) is 22.1. The number of aromatic nitrogens is 4. The van der Waals surface area contributed by atoms with Crippen LogP contribution in [0.15, 0.2) is 42.7 Å². The minimum atomic E-state index is -0.356. The number of hydrogen-bond donors (Lipinski definition) is 1. The van der Waals surface area contributed by atoms with Gasteiger partial charge in [0.2, 0.25) is 5.91 Å². The molecule has 1 atom stereocenters. The first-order valence-corrected chi connectivity index (χ1v) is 10.6. The number of nitrogen functional groups attached to an aromatic ring is 1. The van der Waals surface area contributed by atoms with E-state index in [4.69, 9.17) is 5.73 Å². The van der Waals surface area contributed by atoms with Crippen LogP contribution in [0.2, 0.25) is 0 Å². The van der Waals surface area contributed by atoms with Gasteiger partial charge < -0.3 is 10.6 Å². The second-order valence-electron chi connectivity index (χ2n) is 8.25. The molecule has 0 radical (unpaired) electrons. The van der Waals surface area contributed by atoms with Gasteiger partial charge in [-0.2, -0.15) is 10.2 Å². The van der Waals surface area contributed by atoms with E-state index in [0.29, 0.717) is 37.3 Å². The second-order valence-corrected chi connectivity index (χ2v) is 8.25. The lowest BCUT2D eigenvalue weighted by molar-refractivity contribution is -0.135. The molecule has 162 valence electrons. The van der Waals surface area contributed by atoms with Gasteiger partial charge in [0.25, 0.3) is 0 Å². The van der Waals surface area contributed by atoms with Crippen molar-refractivity contribution in [3.05, 3.63) is 59.5 Å². The van der Waals surface area contributed by atoms with E-state index in [2.05, 4.69) is 10.2 Å². The molecule has 1 saturated heterocycles. The Labute approximate surface area is 181 Å². The number of anilines is 1.